The van der Waals surface area contributed by atoms with Gasteiger partial charge in [0, 0.05) is 12.5 Å². The van der Waals surface area contributed by atoms with Gasteiger partial charge in [-0.15, -0.1) is 0 Å². The van der Waals surface area contributed by atoms with Crippen LogP contribution in [0.3, 0.4) is 0 Å². The number of aliphatic hydroxyl groups excluding tert-OH is 2. The molecular formula is C31H52O3. The van der Waals surface area contributed by atoms with Crippen LogP contribution in [0.4, 0.5) is 0 Å². The first-order valence-electron chi connectivity index (χ1n) is 14.4. The molecule has 4 saturated carbocycles. The summed E-state index contributed by atoms with van der Waals surface area (Å²) >= 11 is 0. The number of hydrogen-bond donors (Lipinski definition) is 2. The topological polar surface area (TPSA) is 49.7 Å². The van der Waals surface area contributed by atoms with E-state index in [1.165, 1.54) is 44.9 Å². The summed E-state index contributed by atoms with van der Waals surface area (Å²) in [5.41, 5.74) is 2.56. The minimum atomic E-state index is -0.380. The number of allylic oxidation sites excluding steroid dienone is 2. The molecule has 0 aromatic carbocycles. The molecule has 0 heterocycles. The Morgan fingerprint density at radius 1 is 0.853 bits per heavy atom. The van der Waals surface area contributed by atoms with Crippen LogP contribution in [-0.4, -0.2) is 36.1 Å². The summed E-state index contributed by atoms with van der Waals surface area (Å²) in [7, 11) is 1.92. The van der Waals surface area contributed by atoms with Gasteiger partial charge in [-0.2, -0.15) is 0 Å². The highest BCUT2D eigenvalue weighted by Gasteiger charge is 2.63. The molecule has 5 aliphatic carbocycles. The number of rotatable bonds is 2. The zero-order valence-corrected chi connectivity index (χ0v) is 23.1. The fourth-order valence-corrected chi connectivity index (χ4v) is 11.4. The molecule has 4 fully saturated rings. The quantitative estimate of drug-likeness (QED) is 0.436. The Kier molecular flexibility index (Phi) is 5.99. The minimum Gasteiger partial charge on any atom is -0.396 e. The molecule has 0 aliphatic heterocycles. The highest BCUT2D eigenvalue weighted by atomic mass is 16.5. The first-order chi connectivity index (χ1) is 15.9. The van der Waals surface area contributed by atoms with Gasteiger partial charge >= 0.3 is 0 Å². The molecular weight excluding hydrogens is 420 g/mol. The molecule has 34 heavy (non-hydrogen) atoms. The van der Waals surface area contributed by atoms with Gasteiger partial charge in [0.1, 0.15) is 0 Å². The van der Waals surface area contributed by atoms with E-state index in [-0.39, 0.29) is 29.0 Å². The van der Waals surface area contributed by atoms with E-state index in [0.29, 0.717) is 28.8 Å². The minimum absolute atomic E-state index is 0.0974. The van der Waals surface area contributed by atoms with Gasteiger partial charge in [-0.05, 0) is 110 Å². The van der Waals surface area contributed by atoms with Crippen LogP contribution in [0.5, 0.6) is 0 Å². The van der Waals surface area contributed by atoms with Crippen LogP contribution < -0.4 is 0 Å². The van der Waals surface area contributed by atoms with Crippen molar-refractivity contribution < 1.29 is 14.9 Å². The molecule has 0 saturated heterocycles. The first kappa shape index (κ1) is 25.3. The van der Waals surface area contributed by atoms with Gasteiger partial charge in [-0.3, -0.25) is 0 Å². The van der Waals surface area contributed by atoms with Crippen LogP contribution in [0, 0.1) is 50.7 Å². The van der Waals surface area contributed by atoms with Crippen molar-refractivity contribution in [3.8, 4) is 0 Å². The number of methoxy groups -OCH3 is 1. The Morgan fingerprint density at radius 2 is 1.56 bits per heavy atom. The molecule has 0 aromatic rings. The molecule has 10 atom stereocenters. The van der Waals surface area contributed by atoms with Crippen LogP contribution in [-0.2, 0) is 4.74 Å². The Balaban J connectivity index is 1.49. The fraction of sp³-hybridized carbons (Fsp3) is 0.935. The molecule has 3 heteroatoms. The predicted molar refractivity (Wildman–Crippen MR) is 138 cm³/mol. The molecule has 0 radical (unpaired) electrons. The summed E-state index contributed by atoms with van der Waals surface area (Å²) in [5.74, 6) is 2.48. The second-order valence-electron chi connectivity index (χ2n) is 15.0. The van der Waals surface area contributed by atoms with Gasteiger partial charge in [0.15, 0.2) is 0 Å². The van der Waals surface area contributed by atoms with Gasteiger partial charge in [0.25, 0.3) is 0 Å². The maximum Gasteiger partial charge on any atom is 0.0625 e. The van der Waals surface area contributed by atoms with Crippen molar-refractivity contribution in [3.05, 3.63) is 11.6 Å². The van der Waals surface area contributed by atoms with E-state index < -0.39 is 0 Å². The molecule has 3 nitrogen and oxygen atoms in total. The van der Waals surface area contributed by atoms with Crippen LogP contribution in [0.15, 0.2) is 11.6 Å². The van der Waals surface area contributed by atoms with Crippen molar-refractivity contribution in [3.63, 3.8) is 0 Å². The molecule has 0 bridgehead atoms. The highest BCUT2D eigenvalue weighted by molar-refractivity contribution is 5.25. The van der Waals surface area contributed by atoms with E-state index >= 15 is 0 Å². The SMILES string of the molecule is CO[C@H]1CC[C@@]2(C)[C@@H](CC[C@@]3(C)CC4=CC[C@@H]5[C@](C)(CC[C@H](O)[C@]5(C)CO)[C@H]4CC[C@@H]32)C1(C)C. The summed E-state index contributed by atoms with van der Waals surface area (Å²) in [6.07, 6.45) is 14.6. The number of hydrogen-bond acceptors (Lipinski definition) is 3. The second kappa shape index (κ2) is 8.06. The average molecular weight is 473 g/mol. The molecule has 5 aliphatic rings. The standard InChI is InChI=1S/C31H52O3/c1-27(2)22-12-15-28(3)18-20-8-10-24-29(4,16-13-25(33)31(24,6)19-32)21(20)9-11-23(28)30(22,5)17-14-26(27)34-7/h8,21-26,32-33H,9-19H2,1-7H3/t21-,22-,23-,24+,25-,26-,28-,29+,30-,31+/m0/s1. The van der Waals surface area contributed by atoms with Crippen LogP contribution in [0.1, 0.15) is 106 Å². The number of ether oxygens (including phenoxy) is 1. The van der Waals surface area contributed by atoms with Crippen LogP contribution >= 0.6 is 0 Å². The lowest BCUT2D eigenvalue weighted by Crippen LogP contribution is -2.58. The maximum absolute atomic E-state index is 10.9. The van der Waals surface area contributed by atoms with E-state index in [9.17, 15) is 10.2 Å². The predicted octanol–water partition coefficient (Wildman–Crippen LogP) is 6.77. The monoisotopic (exact) mass is 472 g/mol. The fourth-order valence-electron chi connectivity index (χ4n) is 11.4. The highest BCUT2D eigenvalue weighted by Crippen LogP contribution is 2.70. The second-order valence-corrected chi connectivity index (χ2v) is 15.0. The van der Waals surface area contributed by atoms with E-state index in [1.807, 2.05) is 7.11 Å². The molecule has 2 N–H and O–H groups in total. The number of aliphatic hydroxyl groups is 2. The molecule has 0 aromatic heterocycles. The lowest BCUT2D eigenvalue weighted by molar-refractivity contribution is -0.178. The lowest BCUT2D eigenvalue weighted by Gasteiger charge is -2.64. The van der Waals surface area contributed by atoms with Crippen molar-refractivity contribution in [1.29, 1.82) is 0 Å². The van der Waals surface area contributed by atoms with Crippen LogP contribution in [0.2, 0.25) is 0 Å². The third kappa shape index (κ3) is 3.24. The average Bonchev–Trinajstić information content (AvgIpc) is 2.93. The van der Waals surface area contributed by atoms with Gasteiger partial charge in [-0.1, -0.05) is 53.2 Å². The molecule has 194 valence electrons. The van der Waals surface area contributed by atoms with E-state index in [0.717, 1.165) is 31.1 Å². The number of fused-ring (bicyclic) bond motifs is 6. The summed E-state index contributed by atoms with van der Waals surface area (Å²) < 4.78 is 6.02. The Labute approximate surface area is 209 Å². The van der Waals surface area contributed by atoms with Gasteiger partial charge < -0.3 is 14.9 Å². The summed E-state index contributed by atoms with van der Waals surface area (Å²) in [6, 6.07) is 0. The largest absolute Gasteiger partial charge is 0.396 e. The first-order valence-corrected chi connectivity index (χ1v) is 14.4. The third-order valence-electron chi connectivity index (χ3n) is 13.3. The van der Waals surface area contributed by atoms with Crippen molar-refractivity contribution in [2.75, 3.05) is 13.7 Å². The van der Waals surface area contributed by atoms with Crippen molar-refractivity contribution >= 4 is 0 Å². The summed E-state index contributed by atoms with van der Waals surface area (Å²) in [5, 5.41) is 21.3. The van der Waals surface area contributed by atoms with Gasteiger partial charge in [0.2, 0.25) is 0 Å². The Morgan fingerprint density at radius 3 is 2.24 bits per heavy atom. The van der Waals surface area contributed by atoms with Crippen molar-refractivity contribution in [2.45, 2.75) is 118 Å². The zero-order valence-electron chi connectivity index (χ0n) is 23.1. The van der Waals surface area contributed by atoms with Gasteiger partial charge in [-0.25, -0.2) is 0 Å². The zero-order chi connectivity index (χ0) is 24.7. The van der Waals surface area contributed by atoms with E-state index in [4.69, 9.17) is 4.74 Å². The Hall–Kier alpha value is -0.380. The third-order valence-corrected chi connectivity index (χ3v) is 13.3. The van der Waals surface area contributed by atoms with Crippen molar-refractivity contribution in [2.24, 2.45) is 50.7 Å². The molecule has 0 unspecified atom stereocenters. The molecule has 0 spiro atoms. The summed E-state index contributed by atoms with van der Waals surface area (Å²) in [6.45, 7) is 15.0. The van der Waals surface area contributed by atoms with Crippen LogP contribution in [0.25, 0.3) is 0 Å². The smallest absolute Gasteiger partial charge is 0.0625 e. The van der Waals surface area contributed by atoms with E-state index in [2.05, 4.69) is 47.6 Å². The van der Waals surface area contributed by atoms with Gasteiger partial charge in [0.05, 0.1) is 18.8 Å². The Bertz CT molecular complexity index is 833. The van der Waals surface area contributed by atoms with Crippen molar-refractivity contribution in [1.82, 2.24) is 0 Å². The van der Waals surface area contributed by atoms with E-state index in [1.54, 1.807) is 5.57 Å². The lowest BCUT2D eigenvalue weighted by atomic mass is 9.42. The molecule has 5 rings (SSSR count). The maximum atomic E-state index is 10.9. The molecule has 0 amide bonds. The normalized spacial score (nSPS) is 54.6. The summed E-state index contributed by atoms with van der Waals surface area (Å²) in [4.78, 5) is 0.